The lowest BCUT2D eigenvalue weighted by molar-refractivity contribution is -0.0184. The molecule has 0 spiro atoms. The summed E-state index contributed by atoms with van der Waals surface area (Å²) in [6.07, 6.45) is 1.60. The summed E-state index contributed by atoms with van der Waals surface area (Å²) in [5.74, 6) is -1.15. The second-order valence-electron chi connectivity index (χ2n) is 15.0. The SMILES string of the molecule is BC1(B)CC(Nc2cc(N3CCN(C)CC3)ccc2C(=O)Nc2n[nH]c3ccc(C(B)(B)c4cc(F)cc(F)c4)cc23)CC(B)(B)O1. The number of nitrogens with zero attached hydrogens (tertiary/aromatic N) is 3. The van der Waals surface area contributed by atoms with E-state index in [1.165, 1.54) is 12.1 Å². The van der Waals surface area contributed by atoms with E-state index in [4.69, 9.17) is 4.74 Å². The summed E-state index contributed by atoms with van der Waals surface area (Å²) < 4.78 is 34.6. The van der Waals surface area contributed by atoms with Crippen LogP contribution in [0, 0.1) is 11.6 Å². The Bertz CT molecular complexity index is 1780. The number of halogens is 2. The lowest BCUT2D eigenvalue weighted by Gasteiger charge is -2.47. The van der Waals surface area contributed by atoms with Crippen LogP contribution >= 0.6 is 0 Å². The summed E-state index contributed by atoms with van der Waals surface area (Å²) in [7, 11) is 14.4. The van der Waals surface area contributed by atoms with Crippen molar-refractivity contribution in [2.75, 3.05) is 48.8 Å². The highest BCUT2D eigenvalue weighted by Crippen LogP contribution is 2.35. The van der Waals surface area contributed by atoms with Gasteiger partial charge in [0.05, 0.1) is 11.1 Å². The molecule has 0 radical (unpaired) electrons. The van der Waals surface area contributed by atoms with E-state index < -0.39 is 16.8 Å². The Hall–Kier alpha value is -3.63. The van der Waals surface area contributed by atoms with Crippen LogP contribution in [0.2, 0.25) is 0 Å². The number of hydrogen-bond donors (Lipinski definition) is 3. The molecular weight excluding hydrogens is 591 g/mol. The van der Waals surface area contributed by atoms with Crippen LogP contribution in [0.5, 0.6) is 0 Å². The number of carbonyl (C=O) groups excluding carboxylic acids is 1. The molecule has 0 saturated carbocycles. The number of carbonyl (C=O) groups is 1. The van der Waals surface area contributed by atoms with E-state index in [9.17, 15) is 13.6 Å². The number of amides is 1. The predicted octanol–water partition coefficient (Wildman–Crippen LogP) is -1.26. The van der Waals surface area contributed by atoms with Crippen LogP contribution in [0.15, 0.2) is 54.6 Å². The molecule has 2 aliphatic rings. The van der Waals surface area contributed by atoms with Crippen molar-refractivity contribution in [3.05, 3.63) is 82.9 Å². The number of aromatic amines is 1. The van der Waals surface area contributed by atoms with Crippen molar-refractivity contribution in [3.63, 3.8) is 0 Å². The number of fused-ring (bicyclic) bond motifs is 1. The zero-order chi connectivity index (χ0) is 33.7. The Kier molecular flexibility index (Phi) is 8.80. The third-order valence-corrected chi connectivity index (χ3v) is 9.61. The fraction of sp³-hybridized carbons (Fsp3) is 0.355. The van der Waals surface area contributed by atoms with Crippen LogP contribution < -0.4 is 15.5 Å². The van der Waals surface area contributed by atoms with Crippen LogP contribution in [0.25, 0.3) is 10.9 Å². The van der Waals surface area contributed by atoms with Gasteiger partial charge >= 0.3 is 0 Å². The summed E-state index contributed by atoms with van der Waals surface area (Å²) in [4.78, 5) is 18.7. The lowest BCUT2D eigenvalue weighted by atomic mass is 9.48. The fourth-order valence-corrected chi connectivity index (χ4v) is 7.28. The number of nitrogens with one attached hydrogen (secondary N) is 3. The molecule has 0 unspecified atom stereocenters. The van der Waals surface area contributed by atoms with E-state index in [0.717, 1.165) is 67.5 Å². The monoisotopic (exact) mass is 632 g/mol. The zero-order valence-electron chi connectivity index (χ0n) is 28.4. The molecule has 0 aliphatic carbocycles. The molecule has 0 atom stereocenters. The summed E-state index contributed by atoms with van der Waals surface area (Å²) >= 11 is 0. The van der Waals surface area contributed by atoms with Gasteiger partial charge in [0, 0.05) is 65.8 Å². The molecule has 1 amide bonds. The fourth-order valence-electron chi connectivity index (χ4n) is 7.28. The predicted molar refractivity (Wildman–Crippen MR) is 202 cm³/mol. The maximum absolute atomic E-state index is 14.1. The van der Waals surface area contributed by atoms with Gasteiger partial charge in [-0.3, -0.25) is 9.89 Å². The van der Waals surface area contributed by atoms with E-state index in [2.05, 4.69) is 75.1 Å². The number of aromatic nitrogens is 2. The first-order valence-corrected chi connectivity index (χ1v) is 16.4. The highest BCUT2D eigenvalue weighted by molar-refractivity contribution is 6.43. The molecule has 2 saturated heterocycles. The van der Waals surface area contributed by atoms with Crippen LogP contribution in [-0.4, -0.2) is 118 Å². The Morgan fingerprint density at radius 2 is 1.60 bits per heavy atom. The van der Waals surface area contributed by atoms with Gasteiger partial charge in [-0.2, -0.15) is 5.10 Å². The second-order valence-corrected chi connectivity index (χ2v) is 15.0. The number of piperazine rings is 1. The van der Waals surface area contributed by atoms with E-state index in [1.807, 2.05) is 46.0 Å². The molecule has 8 nitrogen and oxygen atoms in total. The van der Waals surface area contributed by atoms with Crippen molar-refractivity contribution < 1.29 is 18.3 Å². The number of hydrogen-bond acceptors (Lipinski definition) is 6. The molecule has 238 valence electrons. The van der Waals surface area contributed by atoms with Gasteiger partial charge in [0.15, 0.2) is 5.82 Å². The summed E-state index contributed by atoms with van der Waals surface area (Å²) in [5.41, 5.74) is 4.45. The normalized spacial score (nSPS) is 18.7. The first-order chi connectivity index (χ1) is 22.1. The van der Waals surface area contributed by atoms with Crippen LogP contribution in [0.1, 0.15) is 34.3 Å². The Labute approximate surface area is 280 Å². The number of H-pyrrole nitrogens is 1. The minimum absolute atomic E-state index is 0.103. The lowest BCUT2D eigenvalue weighted by Crippen LogP contribution is -2.56. The summed E-state index contributed by atoms with van der Waals surface area (Å²) in [6, 6.07) is 15.4. The molecule has 16 heteroatoms. The molecule has 3 aromatic carbocycles. The van der Waals surface area contributed by atoms with Crippen molar-refractivity contribution in [1.29, 1.82) is 0 Å². The van der Waals surface area contributed by atoms with Gasteiger partial charge < -0.3 is 25.2 Å². The van der Waals surface area contributed by atoms with Crippen molar-refractivity contribution in [2.24, 2.45) is 0 Å². The van der Waals surface area contributed by atoms with Gasteiger partial charge in [-0.05, 0) is 73.1 Å². The summed E-state index contributed by atoms with van der Waals surface area (Å²) in [5, 5.41) is 13.6. The molecule has 6 rings (SSSR count). The van der Waals surface area contributed by atoms with Gasteiger partial charge in [-0.25, -0.2) is 8.78 Å². The van der Waals surface area contributed by atoms with Crippen LogP contribution in [0.4, 0.5) is 26.0 Å². The highest BCUT2D eigenvalue weighted by Gasteiger charge is 2.39. The van der Waals surface area contributed by atoms with E-state index in [-0.39, 0.29) is 22.7 Å². The zero-order valence-corrected chi connectivity index (χ0v) is 28.4. The first kappa shape index (κ1) is 33.3. The van der Waals surface area contributed by atoms with Crippen molar-refractivity contribution >= 4 is 81.1 Å². The van der Waals surface area contributed by atoms with Crippen molar-refractivity contribution in [3.8, 4) is 0 Å². The third-order valence-electron chi connectivity index (χ3n) is 9.61. The second kappa shape index (κ2) is 12.4. The largest absolute Gasteiger partial charge is 0.404 e. The molecule has 4 aromatic rings. The number of benzene rings is 3. The first-order valence-electron chi connectivity index (χ1n) is 16.4. The third kappa shape index (κ3) is 7.28. The van der Waals surface area contributed by atoms with E-state index in [1.54, 1.807) is 0 Å². The highest BCUT2D eigenvalue weighted by atomic mass is 19.1. The van der Waals surface area contributed by atoms with Gasteiger partial charge in [0.2, 0.25) is 0 Å². The smallest absolute Gasteiger partial charge is 0.258 e. The van der Waals surface area contributed by atoms with E-state index in [0.29, 0.717) is 22.3 Å². The number of anilines is 3. The average Bonchev–Trinajstić information content (AvgIpc) is 3.37. The Balaban J connectivity index is 1.32. The molecule has 0 bridgehead atoms. The van der Waals surface area contributed by atoms with E-state index >= 15 is 0 Å². The van der Waals surface area contributed by atoms with Crippen LogP contribution in [-0.2, 0) is 9.95 Å². The van der Waals surface area contributed by atoms with Gasteiger partial charge in [-0.15, -0.1) is 0 Å². The number of likely N-dealkylation sites (N-methyl/N-ethyl adjacent to an activating group) is 1. The maximum atomic E-state index is 14.1. The molecule has 47 heavy (non-hydrogen) atoms. The van der Waals surface area contributed by atoms with Crippen LogP contribution in [0.3, 0.4) is 0 Å². The van der Waals surface area contributed by atoms with Crippen molar-refractivity contribution in [1.82, 2.24) is 15.1 Å². The van der Waals surface area contributed by atoms with Gasteiger partial charge in [0.1, 0.15) is 58.7 Å². The molecule has 1 aromatic heterocycles. The molecule has 2 aliphatic heterocycles. The van der Waals surface area contributed by atoms with Gasteiger partial charge in [-0.1, -0.05) is 11.6 Å². The Morgan fingerprint density at radius 3 is 2.26 bits per heavy atom. The average molecular weight is 632 g/mol. The van der Waals surface area contributed by atoms with Crippen molar-refractivity contribution in [2.45, 2.75) is 34.9 Å². The number of rotatable bonds is 7. The molecule has 3 N–H and O–H groups in total. The standard InChI is InChI=1S/C31H40B6F2N6O2/c1-44-6-8-45(9-7-44)22-3-4-23(26(14-22)40-21-15-29(32,33)47-30(34,35)16-21)28(46)41-27-24-12-17(2-5-25(24)42-43-27)31(36,37)18-10-19(38)13-20(39)11-18/h2-5,10-14,21,40H,6-9,15-16,32-37H2,1H3,(H2,41,42,43,46). The molecule has 3 heterocycles. The van der Waals surface area contributed by atoms with Gasteiger partial charge in [0.25, 0.3) is 5.91 Å². The summed E-state index contributed by atoms with van der Waals surface area (Å²) in [6.45, 7) is 3.79. The minimum Gasteiger partial charge on any atom is -0.404 e. The number of ether oxygens (including phenoxy) is 1. The Morgan fingerprint density at radius 1 is 0.936 bits per heavy atom. The quantitative estimate of drug-likeness (QED) is 0.221. The molecule has 2 fully saturated rings. The topological polar surface area (TPSA) is 85.5 Å². The minimum atomic E-state index is -0.711. The maximum Gasteiger partial charge on any atom is 0.258 e. The molecular formula is C31H40B6F2N6O2.